The number of amides is 1. The number of methoxy groups -OCH3 is 3. The lowest BCUT2D eigenvalue weighted by Gasteiger charge is -2.35. The zero-order valence-corrected chi connectivity index (χ0v) is 82.1. The van der Waals surface area contributed by atoms with Gasteiger partial charge in [0.15, 0.2) is 29.6 Å². The number of ether oxygens (including phenoxy) is 9. The molecule has 3 rings (SSSR count). The lowest BCUT2D eigenvalue weighted by atomic mass is 9.80. The number of hydrogen-bond acceptors (Lipinski definition) is 31. The molecule has 32 nitrogen and oxygen atoms in total. The van der Waals surface area contributed by atoms with E-state index in [2.05, 4.69) is 67.6 Å². The van der Waals surface area contributed by atoms with Crippen molar-refractivity contribution in [1.82, 2.24) is 5.06 Å². The quantitative estimate of drug-likeness (QED) is 0.0437. The molecular formula is C86H184N4O28. The summed E-state index contributed by atoms with van der Waals surface area (Å²) in [5.41, 5.74) is 1.34. The van der Waals surface area contributed by atoms with Gasteiger partial charge in [0.1, 0.15) is 62.4 Å². The third-order valence-corrected chi connectivity index (χ3v) is 10.9. The van der Waals surface area contributed by atoms with Gasteiger partial charge in [-0.05, 0) is 102 Å². The van der Waals surface area contributed by atoms with Gasteiger partial charge in [-0.1, -0.05) is 197 Å². The lowest BCUT2D eigenvalue weighted by Crippen LogP contribution is -2.40. The Labute approximate surface area is 720 Å². The average molecular weight is 1720 g/mol. The highest BCUT2D eigenvalue weighted by molar-refractivity contribution is 6.37. The maximum atomic E-state index is 11.1. The number of cyclic esters (lactones) is 2. The molecule has 3 fully saturated rings. The number of hydrogen-bond donors (Lipinski definition) is 0. The van der Waals surface area contributed by atoms with Gasteiger partial charge in [0.2, 0.25) is 17.9 Å². The van der Waals surface area contributed by atoms with E-state index < -0.39 is 48.2 Å². The minimum atomic E-state index is -1.23. The SMILES string of the molecule is C.C.C.CC.CC.CC.CC.CC.CC.CC.CC.CC.CC(=O)C(C)=O.CC(=O)OC1COCC1OC(C)=O.CC(C)=O.CC(C)=O.CC(C)=O.CC(C)=O.CC1OC(=O)C(C)C(C)C1C.CC1OC(=O)C(C)C1C.CO/N=C(/C)C(C)=O.CO/N=C(/C)OC.COC(=O)CC(OC(C)=O)C(=O)OC.CON(C)C(C)=O.CON=C(C)C. The summed E-state index contributed by atoms with van der Waals surface area (Å²) in [6, 6.07) is 0. The first-order chi connectivity index (χ1) is 53.3. The van der Waals surface area contributed by atoms with Gasteiger partial charge in [0.25, 0.3) is 0 Å². The second-order valence-corrected chi connectivity index (χ2v) is 21.3. The first kappa shape index (κ1) is 168. The standard InChI is InChI=1S/C9H16O2.C8H12O6.C8H12O5.C7H12O2.C5H9NO2.2C4H9NO2.C4H9NO.C4H6O2.4C3H6O.9C2H6.3CH4/c1-5-6(2)8(4)11-9(10)7(5)3;1-5(9)14-6(8(11)13-3)4-7(10)12-2;1-5(9)12-7-3-11-4-8(7)13-6(2)10;1-4-5(2)7(8)9-6(4)3;1-4(5(2)7)6-8-3;1-4(6-2)5-7-3;1-4(6)5(2)7-3;1-4(2)5-6-3;1-3(5)4(2)6;4*1-3(2)4;9*1-2;;;/h5-8H,1-4H3;6H,4H2,1-3H3;7-8H,3-4H2,1-2H3;4-6H,1-3H3;1-3H3;2*1-3H3;1-3H3;1-2H3;4*1-2H3;9*1-2H3;3*1H4/b;;;;6-4-;5-4-;;;;;;;;;;;;;;;;;;;. The van der Waals surface area contributed by atoms with Gasteiger partial charge in [0.05, 0.1) is 65.6 Å². The highest BCUT2D eigenvalue weighted by Crippen LogP contribution is 2.31. The van der Waals surface area contributed by atoms with Gasteiger partial charge in [-0.2, -0.15) is 0 Å². The lowest BCUT2D eigenvalue weighted by molar-refractivity contribution is -0.168. The van der Waals surface area contributed by atoms with E-state index in [1.54, 1.807) is 20.9 Å². The summed E-state index contributed by atoms with van der Waals surface area (Å²) in [4.78, 5) is 171. The molecule has 0 aromatic rings. The zero-order chi connectivity index (χ0) is 97.2. The molecule has 32 heteroatoms. The van der Waals surface area contributed by atoms with E-state index in [9.17, 15) is 71.9 Å². The summed E-state index contributed by atoms with van der Waals surface area (Å²) in [5, 5.41) is 11.5. The van der Waals surface area contributed by atoms with Gasteiger partial charge in [-0.3, -0.25) is 52.8 Å². The van der Waals surface area contributed by atoms with Crippen molar-refractivity contribution in [2.45, 2.75) is 364 Å². The van der Waals surface area contributed by atoms with E-state index in [4.69, 9.17) is 23.7 Å². The van der Waals surface area contributed by atoms with Crippen molar-refractivity contribution in [1.29, 1.82) is 0 Å². The molecule has 0 radical (unpaired) electrons. The third-order valence-electron chi connectivity index (χ3n) is 10.9. The Balaban J connectivity index is -0.0000000421. The van der Waals surface area contributed by atoms with Gasteiger partial charge >= 0.3 is 41.8 Å². The Hall–Kier alpha value is -8.42. The molecule has 3 aliphatic rings. The molecule has 0 saturated carbocycles. The van der Waals surface area contributed by atoms with Crippen molar-refractivity contribution < 1.29 is 134 Å². The van der Waals surface area contributed by atoms with Crippen LogP contribution >= 0.6 is 0 Å². The number of esters is 7. The Morgan fingerprint density at radius 1 is 0.390 bits per heavy atom. The smallest absolute Gasteiger partial charge is 0.347 e. The molecule has 0 spiro atoms. The number of hydroxylamine groups is 2. The van der Waals surface area contributed by atoms with Gasteiger partial charge in [-0.15, -0.1) is 0 Å². The Morgan fingerprint density at radius 2 is 0.669 bits per heavy atom. The van der Waals surface area contributed by atoms with Crippen LogP contribution in [0.2, 0.25) is 0 Å². The molecule has 118 heavy (non-hydrogen) atoms. The van der Waals surface area contributed by atoms with Crippen molar-refractivity contribution >= 4 is 105 Å². The van der Waals surface area contributed by atoms with Crippen LogP contribution < -0.4 is 0 Å². The Morgan fingerprint density at radius 3 is 0.822 bits per heavy atom. The Kier molecular flexibility index (Phi) is 188. The highest BCUT2D eigenvalue weighted by Gasteiger charge is 2.37. The number of rotatable bonds is 12. The predicted molar refractivity (Wildman–Crippen MR) is 481 cm³/mol. The highest BCUT2D eigenvalue weighted by atomic mass is 16.7. The number of carbonyl (C=O) groups excluding carboxylic acids is 15. The van der Waals surface area contributed by atoms with E-state index in [0.717, 1.165) is 24.8 Å². The molecule has 0 aromatic heterocycles. The van der Waals surface area contributed by atoms with E-state index in [1.807, 2.05) is 173 Å². The largest absolute Gasteiger partial charge is 0.482 e. The van der Waals surface area contributed by atoms with Crippen LogP contribution in [0.25, 0.3) is 0 Å². The average Bonchev–Trinajstić information content (AvgIpc) is 1.55. The number of oxime groups is 3. The molecule has 0 N–H and O–H groups in total. The van der Waals surface area contributed by atoms with Crippen LogP contribution in [0, 0.1) is 29.6 Å². The molecule has 716 valence electrons. The summed E-state index contributed by atoms with van der Waals surface area (Å²) in [6.45, 7) is 79.1. The molecule has 10 atom stereocenters. The minimum Gasteiger partial charge on any atom is -0.482 e. The molecule has 3 heterocycles. The van der Waals surface area contributed by atoms with Crippen molar-refractivity contribution in [3.63, 3.8) is 0 Å². The van der Waals surface area contributed by atoms with E-state index >= 15 is 0 Å². The molecule has 10 unspecified atom stereocenters. The summed E-state index contributed by atoms with van der Waals surface area (Å²) in [6.07, 6.45) is -2.28. The van der Waals surface area contributed by atoms with Crippen LogP contribution in [0.15, 0.2) is 15.5 Å². The van der Waals surface area contributed by atoms with Crippen molar-refractivity contribution in [3.8, 4) is 0 Å². The zero-order valence-electron chi connectivity index (χ0n) is 82.1. The second kappa shape index (κ2) is 132. The molecule has 0 aromatic carbocycles. The summed E-state index contributed by atoms with van der Waals surface area (Å²) in [5.74, 6) is -1.20. The third kappa shape index (κ3) is 163. The predicted octanol–water partition coefficient (Wildman–Crippen LogP) is 18.5. The molecule has 0 aliphatic carbocycles. The summed E-state index contributed by atoms with van der Waals surface area (Å²) >= 11 is 0. The van der Waals surface area contributed by atoms with Gasteiger partial charge in [-0.25, -0.2) is 9.86 Å². The minimum absolute atomic E-state index is 0. The number of Topliss-reactive ketones (excluding diaryl/α,β-unsaturated/α-hetero) is 7. The van der Waals surface area contributed by atoms with Crippen LogP contribution in [0.5, 0.6) is 0 Å². The topological polar surface area (TPSA) is 416 Å². The normalized spacial score (nSPS) is 15.8. The fraction of sp³-hybridized carbons (Fsp3) is 0.791. The fourth-order valence-electron chi connectivity index (χ4n) is 5.09. The van der Waals surface area contributed by atoms with Crippen LogP contribution in [0.4, 0.5) is 0 Å². The second-order valence-electron chi connectivity index (χ2n) is 21.3. The maximum Gasteiger partial charge on any atom is 0.347 e. The van der Waals surface area contributed by atoms with Crippen LogP contribution in [0.1, 0.15) is 333 Å². The summed E-state index contributed by atoms with van der Waals surface area (Å²) in [7, 11) is 11.3. The number of nitrogens with zero attached hydrogens (tertiary/aromatic N) is 4. The van der Waals surface area contributed by atoms with Crippen LogP contribution in [0.3, 0.4) is 0 Å². The van der Waals surface area contributed by atoms with Gasteiger partial charge < -0.3 is 76.3 Å². The molecule has 0 bridgehead atoms. The van der Waals surface area contributed by atoms with Crippen molar-refractivity contribution in [2.75, 3.05) is 70.0 Å². The molecular weight excluding hydrogens is 1540 g/mol. The Bertz CT molecular complexity index is 2330. The maximum absolute atomic E-state index is 11.1. The van der Waals surface area contributed by atoms with Crippen LogP contribution in [-0.4, -0.2) is 211 Å². The van der Waals surface area contributed by atoms with Gasteiger partial charge in [0, 0.05) is 68.4 Å². The molecule has 1 amide bonds. The number of carbonyl (C=O) groups is 15. The van der Waals surface area contributed by atoms with E-state index in [0.29, 0.717) is 29.4 Å². The van der Waals surface area contributed by atoms with Crippen LogP contribution in [-0.2, 0) is 134 Å². The number of ketones is 7. The molecule has 3 aliphatic heterocycles. The summed E-state index contributed by atoms with van der Waals surface area (Å²) < 4.78 is 42.7. The first-order valence-electron chi connectivity index (χ1n) is 38.9. The van der Waals surface area contributed by atoms with Crippen molar-refractivity contribution in [3.05, 3.63) is 0 Å². The van der Waals surface area contributed by atoms with Crippen molar-refractivity contribution in [2.24, 2.45) is 45.1 Å². The monoisotopic (exact) mass is 1720 g/mol. The first-order valence-corrected chi connectivity index (χ1v) is 38.9. The fourth-order valence-corrected chi connectivity index (χ4v) is 5.09. The molecule has 3 saturated heterocycles. The van der Waals surface area contributed by atoms with E-state index in [-0.39, 0.29) is 124 Å². The van der Waals surface area contributed by atoms with E-state index in [1.165, 1.54) is 140 Å².